The van der Waals surface area contributed by atoms with Crippen LogP contribution < -0.4 is 0 Å². The molecule has 2 aromatic carbocycles. The van der Waals surface area contributed by atoms with Crippen molar-refractivity contribution < 1.29 is 18.7 Å². The van der Waals surface area contributed by atoms with Crippen molar-refractivity contribution in [2.45, 2.75) is 13.3 Å². The molecule has 0 unspecified atom stereocenters. The molecule has 0 atom stereocenters. The molecule has 28 heavy (non-hydrogen) atoms. The van der Waals surface area contributed by atoms with Gasteiger partial charge < -0.3 is 9.30 Å². The molecule has 0 bridgehead atoms. The molecule has 0 aliphatic heterocycles. The quantitative estimate of drug-likeness (QED) is 0.419. The van der Waals surface area contributed by atoms with Gasteiger partial charge >= 0.3 is 5.97 Å². The SMILES string of the molecule is CCOC(=O)c1ncn(-c2cc(Cl)cc(Cl)c2)c1CC(=O)c1ccc(F)cc1. The largest absolute Gasteiger partial charge is 0.461 e. The highest BCUT2D eigenvalue weighted by molar-refractivity contribution is 6.34. The summed E-state index contributed by atoms with van der Waals surface area (Å²) in [5.41, 5.74) is 1.20. The maximum atomic E-state index is 13.1. The molecule has 0 aliphatic rings. The number of halogens is 3. The number of carbonyl (C=O) groups excluding carboxylic acids is 2. The van der Waals surface area contributed by atoms with Gasteiger partial charge in [-0.1, -0.05) is 23.2 Å². The fourth-order valence-corrected chi connectivity index (χ4v) is 3.22. The minimum Gasteiger partial charge on any atom is -0.461 e. The van der Waals surface area contributed by atoms with Crippen LogP contribution in [0.2, 0.25) is 10.0 Å². The minimum absolute atomic E-state index is 0.0217. The molecular weight excluding hydrogens is 406 g/mol. The van der Waals surface area contributed by atoms with Crippen molar-refractivity contribution in [3.8, 4) is 5.69 Å². The first-order valence-electron chi connectivity index (χ1n) is 8.37. The molecule has 8 heteroatoms. The van der Waals surface area contributed by atoms with Crippen LogP contribution in [0.25, 0.3) is 5.69 Å². The van der Waals surface area contributed by atoms with Gasteiger partial charge in [-0.2, -0.15) is 0 Å². The van der Waals surface area contributed by atoms with Gasteiger partial charge in [0.2, 0.25) is 0 Å². The summed E-state index contributed by atoms with van der Waals surface area (Å²) in [6.07, 6.45) is 1.26. The molecule has 144 valence electrons. The molecular formula is C20H15Cl2FN2O3. The zero-order chi connectivity index (χ0) is 20.3. The molecule has 0 fully saturated rings. The first kappa shape index (κ1) is 20.0. The summed E-state index contributed by atoms with van der Waals surface area (Å²) in [5, 5.41) is 0.786. The Morgan fingerprint density at radius 1 is 1.11 bits per heavy atom. The summed E-state index contributed by atoms with van der Waals surface area (Å²) >= 11 is 12.2. The number of hydrogen-bond acceptors (Lipinski definition) is 4. The number of imidazole rings is 1. The Bertz CT molecular complexity index is 1010. The van der Waals surface area contributed by atoms with Crippen molar-refractivity contribution in [1.82, 2.24) is 9.55 Å². The van der Waals surface area contributed by atoms with Gasteiger partial charge in [-0.25, -0.2) is 14.2 Å². The summed E-state index contributed by atoms with van der Waals surface area (Å²) in [7, 11) is 0. The number of Topliss-reactive ketones (excluding diaryl/α,β-unsaturated/α-hetero) is 1. The number of carbonyl (C=O) groups is 2. The lowest BCUT2D eigenvalue weighted by Gasteiger charge is -2.11. The minimum atomic E-state index is -0.642. The monoisotopic (exact) mass is 420 g/mol. The summed E-state index contributed by atoms with van der Waals surface area (Å²) in [6, 6.07) is 10.0. The van der Waals surface area contributed by atoms with Crippen LogP contribution in [0.15, 0.2) is 48.8 Å². The number of esters is 1. The molecule has 1 heterocycles. The fourth-order valence-electron chi connectivity index (χ4n) is 2.70. The van der Waals surface area contributed by atoms with Gasteiger partial charge in [0.25, 0.3) is 0 Å². The second-order valence-electron chi connectivity index (χ2n) is 5.86. The molecule has 0 saturated heterocycles. The summed E-state index contributed by atoms with van der Waals surface area (Å²) in [6.45, 7) is 1.84. The average Bonchev–Trinajstić information content (AvgIpc) is 3.05. The Morgan fingerprint density at radius 2 is 1.75 bits per heavy atom. The van der Waals surface area contributed by atoms with Crippen LogP contribution in [0.3, 0.4) is 0 Å². The lowest BCUT2D eigenvalue weighted by Crippen LogP contribution is -2.14. The van der Waals surface area contributed by atoms with E-state index < -0.39 is 11.8 Å². The van der Waals surface area contributed by atoms with Gasteiger partial charge in [0, 0.05) is 21.3 Å². The van der Waals surface area contributed by atoms with Crippen LogP contribution in [-0.2, 0) is 11.2 Å². The molecule has 3 aromatic rings. The molecule has 0 aliphatic carbocycles. The smallest absolute Gasteiger partial charge is 0.358 e. The lowest BCUT2D eigenvalue weighted by atomic mass is 10.1. The summed E-state index contributed by atoms with van der Waals surface area (Å²) < 4.78 is 19.7. The van der Waals surface area contributed by atoms with E-state index in [4.69, 9.17) is 27.9 Å². The Balaban J connectivity index is 2.05. The summed E-state index contributed by atoms with van der Waals surface area (Å²) in [4.78, 5) is 29.1. The van der Waals surface area contributed by atoms with E-state index in [1.165, 1.54) is 30.6 Å². The molecule has 1 aromatic heterocycles. The van der Waals surface area contributed by atoms with E-state index in [-0.39, 0.29) is 24.5 Å². The van der Waals surface area contributed by atoms with Crippen LogP contribution in [-0.4, -0.2) is 27.9 Å². The van der Waals surface area contributed by atoms with E-state index in [0.717, 1.165) is 0 Å². The highest BCUT2D eigenvalue weighted by Crippen LogP contribution is 2.25. The lowest BCUT2D eigenvalue weighted by molar-refractivity contribution is 0.0519. The van der Waals surface area contributed by atoms with E-state index in [1.807, 2.05) is 0 Å². The molecule has 3 rings (SSSR count). The zero-order valence-corrected chi connectivity index (χ0v) is 16.3. The van der Waals surface area contributed by atoms with Crippen LogP contribution in [0.4, 0.5) is 4.39 Å². The van der Waals surface area contributed by atoms with Crippen LogP contribution >= 0.6 is 23.2 Å². The van der Waals surface area contributed by atoms with Crippen LogP contribution in [0, 0.1) is 5.82 Å². The van der Waals surface area contributed by atoms with E-state index in [0.29, 0.717) is 27.0 Å². The van der Waals surface area contributed by atoms with Gasteiger partial charge in [-0.3, -0.25) is 4.79 Å². The molecule has 0 amide bonds. The van der Waals surface area contributed by atoms with E-state index in [2.05, 4.69) is 4.98 Å². The second kappa shape index (κ2) is 8.54. The molecule has 0 spiro atoms. The van der Waals surface area contributed by atoms with E-state index >= 15 is 0 Å². The Kier molecular flexibility index (Phi) is 6.11. The number of hydrogen-bond donors (Lipinski definition) is 0. The fraction of sp³-hybridized carbons (Fsp3) is 0.150. The third-order valence-electron chi connectivity index (χ3n) is 3.95. The van der Waals surface area contributed by atoms with Crippen molar-refractivity contribution in [3.05, 3.63) is 81.6 Å². The predicted octanol–water partition coefficient (Wildman–Crippen LogP) is 4.92. The predicted molar refractivity (Wildman–Crippen MR) is 104 cm³/mol. The Hall–Kier alpha value is -2.70. The van der Waals surface area contributed by atoms with Crippen molar-refractivity contribution in [2.24, 2.45) is 0 Å². The van der Waals surface area contributed by atoms with Gasteiger partial charge in [-0.15, -0.1) is 0 Å². The second-order valence-corrected chi connectivity index (χ2v) is 6.74. The first-order chi connectivity index (χ1) is 13.4. The van der Waals surface area contributed by atoms with Gasteiger partial charge in [-0.05, 0) is 49.4 Å². The topological polar surface area (TPSA) is 61.2 Å². The van der Waals surface area contributed by atoms with Crippen molar-refractivity contribution in [2.75, 3.05) is 6.61 Å². The van der Waals surface area contributed by atoms with Crippen LogP contribution in [0.5, 0.6) is 0 Å². The number of benzene rings is 2. The first-order valence-corrected chi connectivity index (χ1v) is 9.13. The Labute approximate surface area is 170 Å². The molecule has 5 nitrogen and oxygen atoms in total. The van der Waals surface area contributed by atoms with Crippen molar-refractivity contribution in [1.29, 1.82) is 0 Å². The van der Waals surface area contributed by atoms with E-state index in [1.54, 1.807) is 29.7 Å². The van der Waals surface area contributed by atoms with Gasteiger partial charge in [0.05, 0.1) is 18.7 Å². The number of ether oxygens (including phenoxy) is 1. The maximum Gasteiger partial charge on any atom is 0.358 e. The van der Waals surface area contributed by atoms with E-state index in [9.17, 15) is 14.0 Å². The van der Waals surface area contributed by atoms with Crippen molar-refractivity contribution >= 4 is 35.0 Å². The van der Waals surface area contributed by atoms with Gasteiger partial charge in [0.15, 0.2) is 11.5 Å². The molecule has 0 N–H and O–H groups in total. The number of ketones is 1. The standard InChI is InChI=1S/C20H15Cl2FN2O3/c1-2-28-20(27)19-17(10-18(26)12-3-5-15(23)6-4-12)25(11-24-19)16-8-13(21)7-14(22)9-16/h3-9,11H,2,10H2,1H3. The maximum absolute atomic E-state index is 13.1. The van der Waals surface area contributed by atoms with Crippen LogP contribution in [0.1, 0.15) is 33.5 Å². The number of nitrogens with zero attached hydrogens (tertiary/aromatic N) is 2. The van der Waals surface area contributed by atoms with Crippen molar-refractivity contribution in [3.63, 3.8) is 0 Å². The zero-order valence-electron chi connectivity index (χ0n) is 14.8. The third-order valence-corrected chi connectivity index (χ3v) is 4.39. The molecule has 0 radical (unpaired) electrons. The third kappa shape index (κ3) is 4.40. The highest BCUT2D eigenvalue weighted by atomic mass is 35.5. The molecule has 0 saturated carbocycles. The van der Waals surface area contributed by atoms with Gasteiger partial charge in [0.1, 0.15) is 12.1 Å². The average molecular weight is 421 g/mol. The Morgan fingerprint density at radius 3 is 2.36 bits per heavy atom. The number of rotatable bonds is 6. The normalized spacial score (nSPS) is 10.7. The number of aromatic nitrogens is 2. The highest BCUT2D eigenvalue weighted by Gasteiger charge is 2.23. The summed E-state index contributed by atoms with van der Waals surface area (Å²) in [5.74, 6) is -1.39.